The third-order valence-corrected chi connectivity index (χ3v) is 7.78. The summed E-state index contributed by atoms with van der Waals surface area (Å²) in [4.78, 5) is -0.290. The van der Waals surface area contributed by atoms with Gasteiger partial charge in [-0.25, -0.2) is 8.42 Å². The summed E-state index contributed by atoms with van der Waals surface area (Å²) in [6.45, 7) is 3.42. The molecular formula is C12H16Br2O3S. The molecule has 18 heavy (non-hydrogen) atoms. The summed E-state index contributed by atoms with van der Waals surface area (Å²) in [6.07, 6.45) is 1.25. The van der Waals surface area contributed by atoms with E-state index >= 15 is 0 Å². The van der Waals surface area contributed by atoms with Gasteiger partial charge in [0.2, 0.25) is 0 Å². The molecule has 0 aliphatic rings. The first-order valence-corrected chi connectivity index (χ1v) is 8.88. The average molecular weight is 400 g/mol. The Bertz CT molecular complexity index is 538. The number of ether oxygens (including phenoxy) is 1. The topological polar surface area (TPSA) is 43.4 Å². The van der Waals surface area contributed by atoms with E-state index in [0.29, 0.717) is 0 Å². The van der Waals surface area contributed by atoms with Crippen molar-refractivity contribution in [2.75, 3.05) is 13.4 Å². The molecule has 6 heteroatoms. The molecule has 0 spiro atoms. The second-order valence-corrected chi connectivity index (χ2v) is 9.00. The SMILES string of the molecule is COc1ccc(C(Br)C(C)(C)S(C)(=O)=O)cc1Br. The lowest BCUT2D eigenvalue weighted by molar-refractivity contribution is 0.412. The monoisotopic (exact) mass is 398 g/mol. The van der Waals surface area contributed by atoms with Crippen molar-refractivity contribution in [3.05, 3.63) is 28.2 Å². The minimum atomic E-state index is -3.17. The number of halogens is 2. The molecular weight excluding hydrogens is 384 g/mol. The molecule has 3 nitrogen and oxygen atoms in total. The van der Waals surface area contributed by atoms with E-state index in [-0.39, 0.29) is 4.83 Å². The Labute approximate surface area is 125 Å². The molecule has 0 heterocycles. The molecule has 0 amide bonds. The van der Waals surface area contributed by atoms with Crippen LogP contribution in [0.3, 0.4) is 0 Å². The van der Waals surface area contributed by atoms with Crippen LogP contribution < -0.4 is 4.74 Å². The van der Waals surface area contributed by atoms with Crippen LogP contribution in [0.25, 0.3) is 0 Å². The fraction of sp³-hybridized carbons (Fsp3) is 0.500. The molecule has 1 aromatic carbocycles. The Hall–Kier alpha value is -0.0700. The van der Waals surface area contributed by atoms with Crippen LogP contribution in [0.5, 0.6) is 5.75 Å². The molecule has 0 radical (unpaired) electrons. The number of rotatable bonds is 4. The van der Waals surface area contributed by atoms with E-state index in [1.807, 2.05) is 18.2 Å². The number of sulfone groups is 1. The van der Waals surface area contributed by atoms with Gasteiger partial charge in [0.1, 0.15) is 5.75 Å². The summed E-state index contributed by atoms with van der Waals surface area (Å²) in [5.41, 5.74) is 0.887. The van der Waals surface area contributed by atoms with E-state index in [1.165, 1.54) is 6.26 Å². The Morgan fingerprint density at radius 2 is 1.89 bits per heavy atom. The normalized spacial score (nSPS) is 14.3. The summed E-state index contributed by atoms with van der Waals surface area (Å²) in [6, 6.07) is 5.53. The second kappa shape index (κ2) is 5.51. The minimum absolute atomic E-state index is 0.290. The summed E-state index contributed by atoms with van der Waals surface area (Å²) in [5, 5.41) is 0. The van der Waals surface area contributed by atoms with E-state index in [1.54, 1.807) is 21.0 Å². The molecule has 1 unspecified atom stereocenters. The van der Waals surface area contributed by atoms with Gasteiger partial charge in [-0.15, -0.1) is 0 Å². The van der Waals surface area contributed by atoms with Gasteiger partial charge in [0.05, 0.1) is 21.2 Å². The number of hydrogen-bond donors (Lipinski definition) is 0. The van der Waals surface area contributed by atoms with Crippen LogP contribution in [0.1, 0.15) is 24.2 Å². The molecule has 0 fully saturated rings. The van der Waals surface area contributed by atoms with E-state index in [2.05, 4.69) is 31.9 Å². The highest BCUT2D eigenvalue weighted by Crippen LogP contribution is 2.41. The average Bonchev–Trinajstić information content (AvgIpc) is 2.26. The lowest BCUT2D eigenvalue weighted by Gasteiger charge is -2.29. The molecule has 1 atom stereocenters. The second-order valence-electron chi connectivity index (χ2n) is 4.63. The summed E-state index contributed by atoms with van der Waals surface area (Å²) < 4.78 is 28.7. The Morgan fingerprint density at radius 1 is 1.33 bits per heavy atom. The highest BCUT2D eigenvalue weighted by molar-refractivity contribution is 9.10. The quantitative estimate of drug-likeness (QED) is 0.724. The molecule has 0 saturated heterocycles. The van der Waals surface area contributed by atoms with Crippen LogP contribution in [0.2, 0.25) is 0 Å². The van der Waals surface area contributed by atoms with Crippen molar-refractivity contribution in [2.45, 2.75) is 23.4 Å². The summed E-state index contributed by atoms with van der Waals surface area (Å²) in [7, 11) is -1.58. The van der Waals surface area contributed by atoms with Gasteiger partial charge in [0.15, 0.2) is 9.84 Å². The van der Waals surface area contributed by atoms with Gasteiger partial charge in [-0.2, -0.15) is 0 Å². The van der Waals surface area contributed by atoms with E-state index in [4.69, 9.17) is 4.74 Å². The van der Waals surface area contributed by atoms with Gasteiger partial charge in [0.25, 0.3) is 0 Å². The molecule has 0 aliphatic carbocycles. The van der Waals surface area contributed by atoms with Crippen molar-refractivity contribution < 1.29 is 13.2 Å². The van der Waals surface area contributed by atoms with Gasteiger partial charge >= 0.3 is 0 Å². The standard InChI is InChI=1S/C12H16Br2O3S/c1-12(2,18(4,15)16)11(14)8-5-6-10(17-3)9(13)7-8/h5-7,11H,1-4H3. The summed E-state index contributed by atoms with van der Waals surface area (Å²) in [5.74, 6) is 0.718. The van der Waals surface area contributed by atoms with Crippen molar-refractivity contribution >= 4 is 41.7 Å². The maximum absolute atomic E-state index is 11.8. The largest absolute Gasteiger partial charge is 0.496 e. The molecule has 0 saturated carbocycles. The van der Waals surface area contributed by atoms with Gasteiger partial charge in [-0.05, 0) is 47.5 Å². The number of benzene rings is 1. The lowest BCUT2D eigenvalue weighted by Crippen LogP contribution is -2.35. The Morgan fingerprint density at radius 3 is 2.28 bits per heavy atom. The first-order chi connectivity index (χ1) is 8.11. The van der Waals surface area contributed by atoms with Crippen molar-refractivity contribution in [3.63, 3.8) is 0 Å². The molecule has 0 aromatic heterocycles. The van der Waals surface area contributed by atoms with Gasteiger partial charge < -0.3 is 4.74 Å². The lowest BCUT2D eigenvalue weighted by atomic mass is 10.0. The fourth-order valence-corrected chi connectivity index (χ4v) is 3.80. The molecule has 1 rings (SSSR count). The molecule has 102 valence electrons. The Kier molecular flexibility index (Phi) is 4.89. The van der Waals surface area contributed by atoms with Crippen LogP contribution in [0, 0.1) is 0 Å². The van der Waals surface area contributed by atoms with Crippen LogP contribution in [0.15, 0.2) is 22.7 Å². The first kappa shape index (κ1) is 16.0. The van der Waals surface area contributed by atoms with Gasteiger partial charge in [-0.1, -0.05) is 22.0 Å². The van der Waals surface area contributed by atoms with Crippen LogP contribution in [-0.4, -0.2) is 26.5 Å². The van der Waals surface area contributed by atoms with Crippen LogP contribution >= 0.6 is 31.9 Å². The highest BCUT2D eigenvalue weighted by atomic mass is 79.9. The summed E-state index contributed by atoms with van der Waals surface area (Å²) >= 11 is 6.88. The maximum atomic E-state index is 11.8. The third-order valence-electron chi connectivity index (χ3n) is 3.03. The van der Waals surface area contributed by atoms with Crippen LogP contribution in [0.4, 0.5) is 0 Å². The third kappa shape index (κ3) is 3.08. The van der Waals surface area contributed by atoms with Gasteiger partial charge in [0, 0.05) is 6.26 Å². The van der Waals surface area contributed by atoms with Crippen molar-refractivity contribution in [3.8, 4) is 5.75 Å². The zero-order chi connectivity index (χ0) is 14.1. The maximum Gasteiger partial charge on any atom is 0.154 e. The van der Waals surface area contributed by atoms with E-state index < -0.39 is 14.6 Å². The van der Waals surface area contributed by atoms with Crippen molar-refractivity contribution in [1.82, 2.24) is 0 Å². The highest BCUT2D eigenvalue weighted by Gasteiger charge is 2.38. The molecule has 0 bridgehead atoms. The Balaban J connectivity index is 3.20. The minimum Gasteiger partial charge on any atom is -0.496 e. The zero-order valence-corrected chi connectivity index (χ0v) is 14.7. The molecule has 0 N–H and O–H groups in total. The smallest absolute Gasteiger partial charge is 0.154 e. The van der Waals surface area contributed by atoms with Crippen LogP contribution in [-0.2, 0) is 9.84 Å². The van der Waals surface area contributed by atoms with E-state index in [0.717, 1.165) is 15.8 Å². The molecule has 0 aliphatic heterocycles. The number of methoxy groups -OCH3 is 1. The first-order valence-electron chi connectivity index (χ1n) is 5.28. The van der Waals surface area contributed by atoms with Gasteiger partial charge in [-0.3, -0.25) is 0 Å². The fourth-order valence-electron chi connectivity index (χ4n) is 1.43. The van der Waals surface area contributed by atoms with E-state index in [9.17, 15) is 8.42 Å². The predicted octanol–water partition coefficient (Wildman–Crippen LogP) is 3.72. The molecule has 1 aromatic rings. The van der Waals surface area contributed by atoms with Crippen molar-refractivity contribution in [2.24, 2.45) is 0 Å². The zero-order valence-electron chi connectivity index (χ0n) is 10.7. The number of hydrogen-bond acceptors (Lipinski definition) is 3. The predicted molar refractivity (Wildman–Crippen MR) is 81.3 cm³/mol. The number of alkyl halides is 1. The van der Waals surface area contributed by atoms with Crippen molar-refractivity contribution in [1.29, 1.82) is 0 Å².